The van der Waals surface area contributed by atoms with Crippen LogP contribution in [0.1, 0.15) is 50.2 Å². The van der Waals surface area contributed by atoms with Gasteiger partial charge in [0, 0.05) is 23.7 Å². The van der Waals surface area contributed by atoms with Gasteiger partial charge in [0.1, 0.15) is 18.2 Å². The van der Waals surface area contributed by atoms with E-state index in [9.17, 15) is 4.39 Å². The lowest BCUT2D eigenvalue weighted by atomic mass is 9.84. The number of benzene rings is 2. The Kier molecular flexibility index (Phi) is 6.93. The smallest absolute Gasteiger partial charge is 0.131 e. The van der Waals surface area contributed by atoms with Crippen molar-refractivity contribution in [3.63, 3.8) is 0 Å². The molecule has 0 bridgehead atoms. The summed E-state index contributed by atoms with van der Waals surface area (Å²) >= 11 is 6.09. The van der Waals surface area contributed by atoms with Gasteiger partial charge >= 0.3 is 0 Å². The molecule has 26 heavy (non-hydrogen) atoms. The molecule has 0 heterocycles. The van der Waals surface area contributed by atoms with Crippen molar-refractivity contribution in [1.82, 2.24) is 5.32 Å². The van der Waals surface area contributed by atoms with E-state index in [1.807, 2.05) is 18.2 Å². The molecule has 0 saturated heterocycles. The van der Waals surface area contributed by atoms with Crippen molar-refractivity contribution in [3.8, 4) is 5.75 Å². The Labute approximate surface area is 160 Å². The highest BCUT2D eigenvalue weighted by Gasteiger charge is 2.19. The molecule has 0 amide bonds. The molecule has 2 aromatic carbocycles. The first-order valence-electron chi connectivity index (χ1n) is 9.54. The van der Waals surface area contributed by atoms with Crippen LogP contribution in [0, 0.1) is 11.7 Å². The van der Waals surface area contributed by atoms with Crippen molar-refractivity contribution in [1.29, 1.82) is 0 Å². The number of hydrogen-bond acceptors (Lipinski definition) is 2. The molecule has 2 aromatic rings. The van der Waals surface area contributed by atoms with E-state index in [4.69, 9.17) is 16.3 Å². The lowest BCUT2D eigenvalue weighted by molar-refractivity contribution is 0.278. The summed E-state index contributed by atoms with van der Waals surface area (Å²) in [6.45, 7) is 3.18. The maximum Gasteiger partial charge on any atom is 0.131 e. The zero-order valence-corrected chi connectivity index (χ0v) is 16.1. The summed E-state index contributed by atoms with van der Waals surface area (Å²) in [7, 11) is 0. The highest BCUT2D eigenvalue weighted by Crippen LogP contribution is 2.28. The number of nitrogens with one attached hydrogen (secondary N) is 1. The van der Waals surface area contributed by atoms with Crippen molar-refractivity contribution >= 4 is 11.6 Å². The Morgan fingerprint density at radius 3 is 2.58 bits per heavy atom. The molecule has 1 N–H and O–H groups in total. The normalized spacial score (nSPS) is 20.1. The monoisotopic (exact) mass is 375 g/mol. The lowest BCUT2D eigenvalue weighted by Gasteiger charge is -2.28. The number of para-hydroxylation sites is 1. The molecule has 4 heteroatoms. The largest absolute Gasteiger partial charge is 0.488 e. The molecule has 0 aliphatic heterocycles. The predicted molar refractivity (Wildman–Crippen MR) is 105 cm³/mol. The second-order valence-electron chi connectivity index (χ2n) is 7.10. The average Bonchev–Trinajstić information content (AvgIpc) is 2.67. The Balaban J connectivity index is 1.58. The molecule has 0 atom stereocenters. The van der Waals surface area contributed by atoms with E-state index in [2.05, 4.69) is 18.3 Å². The molecular weight excluding hydrogens is 349 g/mol. The van der Waals surface area contributed by atoms with Crippen molar-refractivity contribution in [2.75, 3.05) is 0 Å². The summed E-state index contributed by atoms with van der Waals surface area (Å²) < 4.78 is 19.8. The number of hydrogen-bond donors (Lipinski definition) is 1. The van der Waals surface area contributed by atoms with Crippen molar-refractivity contribution in [2.45, 2.75) is 58.2 Å². The quantitative estimate of drug-likeness (QED) is 0.629. The molecule has 2 nitrogen and oxygen atoms in total. The Bertz CT molecular complexity index is 693. The second-order valence-corrected chi connectivity index (χ2v) is 7.51. The van der Waals surface area contributed by atoms with Crippen LogP contribution in [-0.4, -0.2) is 6.04 Å². The van der Waals surface area contributed by atoms with Crippen molar-refractivity contribution in [3.05, 3.63) is 64.4 Å². The molecule has 1 aliphatic carbocycles. The van der Waals surface area contributed by atoms with E-state index in [1.54, 1.807) is 12.1 Å². The van der Waals surface area contributed by atoms with Gasteiger partial charge in [-0.2, -0.15) is 0 Å². The highest BCUT2D eigenvalue weighted by atomic mass is 35.5. The van der Waals surface area contributed by atoms with E-state index in [-0.39, 0.29) is 12.4 Å². The van der Waals surface area contributed by atoms with Gasteiger partial charge in [-0.3, -0.25) is 0 Å². The van der Waals surface area contributed by atoms with Gasteiger partial charge in [-0.1, -0.05) is 49.2 Å². The van der Waals surface area contributed by atoms with Gasteiger partial charge in [0.05, 0.1) is 5.02 Å². The zero-order chi connectivity index (χ0) is 18.4. The van der Waals surface area contributed by atoms with Gasteiger partial charge in [-0.05, 0) is 49.8 Å². The summed E-state index contributed by atoms with van der Waals surface area (Å²) in [5.41, 5.74) is 1.49. The lowest BCUT2D eigenvalue weighted by Crippen LogP contribution is -2.32. The topological polar surface area (TPSA) is 21.3 Å². The summed E-state index contributed by atoms with van der Waals surface area (Å²) in [5.74, 6) is 1.34. The van der Waals surface area contributed by atoms with Crippen LogP contribution >= 0.6 is 11.6 Å². The van der Waals surface area contributed by atoms with Crippen LogP contribution in [0.25, 0.3) is 0 Å². The molecule has 3 rings (SSSR count). The summed E-state index contributed by atoms with van der Waals surface area (Å²) in [6, 6.07) is 13.2. The van der Waals surface area contributed by atoms with Gasteiger partial charge in [0.2, 0.25) is 0 Å². The zero-order valence-electron chi connectivity index (χ0n) is 15.3. The third kappa shape index (κ3) is 4.99. The van der Waals surface area contributed by atoms with Crippen LogP contribution in [0.15, 0.2) is 42.5 Å². The van der Waals surface area contributed by atoms with Gasteiger partial charge in [-0.15, -0.1) is 0 Å². The summed E-state index contributed by atoms with van der Waals surface area (Å²) in [6.07, 6.45) is 6.41. The number of halogens is 2. The van der Waals surface area contributed by atoms with Gasteiger partial charge in [0.25, 0.3) is 0 Å². The SMILES string of the molecule is CCC1CCC(NCc2ccccc2OCc2c(F)cccc2Cl)CC1. The van der Waals surface area contributed by atoms with Crippen LogP contribution in [0.2, 0.25) is 5.02 Å². The number of rotatable bonds is 7. The Morgan fingerprint density at radius 2 is 1.85 bits per heavy atom. The Morgan fingerprint density at radius 1 is 1.08 bits per heavy atom. The van der Waals surface area contributed by atoms with Gasteiger partial charge < -0.3 is 10.1 Å². The van der Waals surface area contributed by atoms with Crippen LogP contribution in [0.3, 0.4) is 0 Å². The number of ether oxygens (including phenoxy) is 1. The molecule has 0 spiro atoms. The minimum Gasteiger partial charge on any atom is -0.488 e. The fourth-order valence-corrected chi connectivity index (χ4v) is 3.86. The van der Waals surface area contributed by atoms with Crippen LogP contribution in [-0.2, 0) is 13.2 Å². The van der Waals surface area contributed by atoms with E-state index in [0.29, 0.717) is 16.6 Å². The summed E-state index contributed by atoms with van der Waals surface area (Å²) in [5, 5.41) is 4.06. The van der Waals surface area contributed by atoms with E-state index in [1.165, 1.54) is 38.2 Å². The van der Waals surface area contributed by atoms with Crippen LogP contribution in [0.5, 0.6) is 5.75 Å². The molecule has 1 saturated carbocycles. The molecular formula is C22H27ClFNO. The molecule has 140 valence electrons. The first kappa shape index (κ1) is 19.2. The average molecular weight is 376 g/mol. The Hall–Kier alpha value is -1.58. The molecule has 0 aromatic heterocycles. The van der Waals surface area contributed by atoms with E-state index >= 15 is 0 Å². The van der Waals surface area contributed by atoms with Crippen molar-refractivity contribution in [2.24, 2.45) is 5.92 Å². The standard InChI is InChI=1S/C22H27ClFNO/c1-2-16-10-12-18(13-11-16)25-14-17-6-3-4-9-22(17)26-15-19-20(23)7-5-8-21(19)24/h3-9,16,18,25H,2,10-15H2,1H3. The first-order chi connectivity index (χ1) is 12.7. The molecule has 0 unspecified atom stereocenters. The first-order valence-corrected chi connectivity index (χ1v) is 9.92. The molecule has 1 fully saturated rings. The second kappa shape index (κ2) is 9.38. The van der Waals surface area contributed by atoms with E-state index < -0.39 is 0 Å². The van der Waals surface area contributed by atoms with Crippen molar-refractivity contribution < 1.29 is 9.13 Å². The minimum atomic E-state index is -0.333. The fraction of sp³-hybridized carbons (Fsp3) is 0.455. The van der Waals surface area contributed by atoms with Gasteiger partial charge in [0.15, 0.2) is 0 Å². The van der Waals surface area contributed by atoms with E-state index in [0.717, 1.165) is 23.8 Å². The summed E-state index contributed by atoms with van der Waals surface area (Å²) in [4.78, 5) is 0. The molecule has 1 aliphatic rings. The minimum absolute atomic E-state index is 0.129. The van der Waals surface area contributed by atoms with Crippen LogP contribution in [0.4, 0.5) is 4.39 Å². The third-order valence-electron chi connectivity index (χ3n) is 5.41. The maximum absolute atomic E-state index is 13.9. The predicted octanol–water partition coefficient (Wildman–Crippen LogP) is 6.12. The maximum atomic E-state index is 13.9. The highest BCUT2D eigenvalue weighted by molar-refractivity contribution is 6.31. The molecule has 0 radical (unpaired) electrons. The van der Waals surface area contributed by atoms with Gasteiger partial charge in [-0.25, -0.2) is 4.39 Å². The fourth-order valence-electron chi connectivity index (χ4n) is 3.64. The third-order valence-corrected chi connectivity index (χ3v) is 5.77. The van der Waals surface area contributed by atoms with Crippen LogP contribution < -0.4 is 10.1 Å².